The van der Waals surface area contributed by atoms with Gasteiger partial charge in [-0.3, -0.25) is 4.79 Å². The summed E-state index contributed by atoms with van der Waals surface area (Å²) in [6, 6.07) is 5.17. The Morgan fingerprint density at radius 1 is 1.56 bits per heavy atom. The number of hydrogen-bond acceptors (Lipinski definition) is 4. The first-order valence-corrected chi connectivity index (χ1v) is 5.61. The highest BCUT2D eigenvalue weighted by Gasteiger charge is 2.15. The van der Waals surface area contributed by atoms with Crippen LogP contribution in [0.15, 0.2) is 24.4 Å². The van der Waals surface area contributed by atoms with Crippen molar-refractivity contribution in [2.75, 3.05) is 12.8 Å². The first kappa shape index (κ1) is 12.4. The lowest BCUT2D eigenvalue weighted by Crippen LogP contribution is -2.26. The molecule has 1 aromatic heterocycles. The molecule has 0 aliphatic rings. The summed E-state index contributed by atoms with van der Waals surface area (Å²) >= 11 is 6.04. The smallest absolute Gasteiger partial charge is 0.276 e. The molecule has 0 saturated carbocycles. The van der Waals surface area contributed by atoms with Crippen molar-refractivity contribution in [1.29, 1.82) is 0 Å². The van der Waals surface area contributed by atoms with Gasteiger partial charge in [0, 0.05) is 24.3 Å². The van der Waals surface area contributed by atoms with Crippen LogP contribution >= 0.6 is 11.6 Å². The maximum absolute atomic E-state index is 11.9. The fourth-order valence-corrected chi connectivity index (χ4v) is 1.72. The Morgan fingerprint density at radius 3 is 3.00 bits per heavy atom. The summed E-state index contributed by atoms with van der Waals surface area (Å²) in [5.74, 6) is -0.234. The number of nitrogen functional groups attached to an aromatic ring is 1. The van der Waals surface area contributed by atoms with E-state index in [9.17, 15) is 4.79 Å². The molecular formula is C11H12ClN5O. The third kappa shape index (κ3) is 2.60. The molecule has 1 heterocycles. The van der Waals surface area contributed by atoms with Gasteiger partial charge in [-0.25, -0.2) is 0 Å². The molecule has 0 atom stereocenters. The number of hydrogen-bond donors (Lipinski definition) is 2. The average molecular weight is 266 g/mol. The maximum Gasteiger partial charge on any atom is 0.276 e. The molecule has 1 amide bonds. The van der Waals surface area contributed by atoms with E-state index in [1.807, 2.05) is 0 Å². The van der Waals surface area contributed by atoms with E-state index >= 15 is 0 Å². The second-order valence-electron chi connectivity index (χ2n) is 3.87. The Balaban J connectivity index is 2.14. The Kier molecular flexibility index (Phi) is 3.47. The van der Waals surface area contributed by atoms with Crippen LogP contribution in [0.2, 0.25) is 5.02 Å². The lowest BCUT2D eigenvalue weighted by Gasteiger charge is -2.16. The van der Waals surface area contributed by atoms with Crippen molar-refractivity contribution in [3.05, 3.63) is 40.7 Å². The summed E-state index contributed by atoms with van der Waals surface area (Å²) in [6.07, 6.45) is 1.37. The van der Waals surface area contributed by atoms with Gasteiger partial charge in [0.25, 0.3) is 5.91 Å². The van der Waals surface area contributed by atoms with Gasteiger partial charge in [-0.1, -0.05) is 11.6 Å². The molecule has 2 aromatic rings. The van der Waals surface area contributed by atoms with Crippen LogP contribution in [0.3, 0.4) is 0 Å². The molecule has 18 heavy (non-hydrogen) atoms. The Bertz CT molecular complexity index is 555. The number of aromatic amines is 1. The average Bonchev–Trinajstić information content (AvgIpc) is 2.86. The van der Waals surface area contributed by atoms with Gasteiger partial charge in [0.15, 0.2) is 5.69 Å². The number of carbonyl (C=O) groups excluding carboxylic acids is 1. The van der Waals surface area contributed by atoms with Gasteiger partial charge in [-0.05, 0) is 23.8 Å². The summed E-state index contributed by atoms with van der Waals surface area (Å²) in [5, 5.41) is 10.3. The molecule has 94 valence electrons. The number of nitrogens with zero attached hydrogens (tertiary/aromatic N) is 3. The highest BCUT2D eigenvalue weighted by molar-refractivity contribution is 6.31. The number of nitrogens with two attached hydrogens (primary N) is 1. The lowest BCUT2D eigenvalue weighted by atomic mass is 10.2. The zero-order valence-electron chi connectivity index (χ0n) is 9.72. The van der Waals surface area contributed by atoms with E-state index < -0.39 is 0 Å². The van der Waals surface area contributed by atoms with E-state index in [-0.39, 0.29) is 11.6 Å². The minimum absolute atomic E-state index is 0.234. The monoisotopic (exact) mass is 265 g/mol. The van der Waals surface area contributed by atoms with E-state index in [4.69, 9.17) is 17.3 Å². The summed E-state index contributed by atoms with van der Waals surface area (Å²) in [6.45, 7) is 0.357. The van der Waals surface area contributed by atoms with Crippen LogP contribution in [0.25, 0.3) is 0 Å². The molecule has 0 saturated heterocycles. The molecule has 0 unspecified atom stereocenters. The molecule has 6 nitrogen and oxygen atoms in total. The topological polar surface area (TPSA) is 87.9 Å². The van der Waals surface area contributed by atoms with Gasteiger partial charge >= 0.3 is 0 Å². The van der Waals surface area contributed by atoms with E-state index in [0.29, 0.717) is 17.3 Å². The van der Waals surface area contributed by atoms with Gasteiger partial charge in [0.2, 0.25) is 0 Å². The second-order valence-corrected chi connectivity index (χ2v) is 4.27. The molecule has 0 aliphatic heterocycles. The Hall–Kier alpha value is -2.08. The fourth-order valence-electron chi connectivity index (χ4n) is 1.54. The zero-order chi connectivity index (χ0) is 13.1. The maximum atomic E-state index is 11.9. The summed E-state index contributed by atoms with van der Waals surface area (Å²) < 4.78 is 0. The van der Waals surface area contributed by atoms with Crippen molar-refractivity contribution in [3.63, 3.8) is 0 Å². The third-order valence-corrected chi connectivity index (χ3v) is 2.83. The molecule has 0 fully saturated rings. The van der Waals surface area contributed by atoms with Crippen molar-refractivity contribution in [2.45, 2.75) is 6.54 Å². The van der Waals surface area contributed by atoms with Crippen molar-refractivity contribution in [2.24, 2.45) is 0 Å². The van der Waals surface area contributed by atoms with Crippen molar-refractivity contribution in [3.8, 4) is 0 Å². The Labute approximate surface area is 109 Å². The fraction of sp³-hybridized carbons (Fsp3) is 0.182. The highest BCUT2D eigenvalue weighted by Crippen LogP contribution is 2.20. The van der Waals surface area contributed by atoms with E-state index in [1.165, 1.54) is 11.1 Å². The summed E-state index contributed by atoms with van der Waals surface area (Å²) in [7, 11) is 1.66. The normalized spacial score (nSPS) is 10.3. The Morgan fingerprint density at radius 2 is 2.33 bits per heavy atom. The number of H-pyrrole nitrogens is 1. The van der Waals surface area contributed by atoms with Gasteiger partial charge in [0.05, 0.1) is 6.20 Å². The van der Waals surface area contributed by atoms with E-state index in [0.717, 1.165) is 5.56 Å². The van der Waals surface area contributed by atoms with Crippen molar-refractivity contribution >= 4 is 23.2 Å². The standard InChI is InChI=1S/C11H12ClN5O/c1-17(11(18)10-5-14-16-15-10)6-7-4-8(13)2-3-9(7)12/h2-5H,6,13H2,1H3,(H,14,15,16). The highest BCUT2D eigenvalue weighted by atomic mass is 35.5. The zero-order valence-corrected chi connectivity index (χ0v) is 10.5. The van der Waals surface area contributed by atoms with Crippen LogP contribution in [-0.4, -0.2) is 33.3 Å². The number of amides is 1. The molecule has 0 aliphatic carbocycles. The van der Waals surface area contributed by atoms with Gasteiger partial charge in [0.1, 0.15) is 0 Å². The number of aromatic nitrogens is 3. The molecule has 0 bridgehead atoms. The van der Waals surface area contributed by atoms with Crippen LogP contribution < -0.4 is 5.73 Å². The predicted octanol–water partition coefficient (Wildman–Crippen LogP) is 1.31. The quantitative estimate of drug-likeness (QED) is 0.819. The van der Waals surface area contributed by atoms with E-state index in [1.54, 1.807) is 25.2 Å². The number of carbonyl (C=O) groups is 1. The van der Waals surface area contributed by atoms with Crippen LogP contribution in [0.1, 0.15) is 16.1 Å². The minimum atomic E-state index is -0.234. The largest absolute Gasteiger partial charge is 0.399 e. The number of benzene rings is 1. The first-order chi connectivity index (χ1) is 8.58. The first-order valence-electron chi connectivity index (χ1n) is 5.23. The molecule has 0 radical (unpaired) electrons. The number of halogens is 1. The molecule has 1 aromatic carbocycles. The number of rotatable bonds is 3. The van der Waals surface area contributed by atoms with Gasteiger partial charge in [-0.15, -0.1) is 0 Å². The van der Waals surface area contributed by atoms with Crippen molar-refractivity contribution < 1.29 is 4.79 Å². The molecule has 3 N–H and O–H groups in total. The predicted molar refractivity (Wildman–Crippen MR) is 68.0 cm³/mol. The minimum Gasteiger partial charge on any atom is -0.399 e. The molecular weight excluding hydrogens is 254 g/mol. The molecule has 7 heteroatoms. The third-order valence-electron chi connectivity index (χ3n) is 2.46. The SMILES string of the molecule is CN(Cc1cc(N)ccc1Cl)C(=O)c1cn[nH]n1. The van der Waals surface area contributed by atoms with E-state index in [2.05, 4.69) is 15.4 Å². The second kappa shape index (κ2) is 5.05. The van der Waals surface area contributed by atoms with Gasteiger partial charge in [-0.2, -0.15) is 15.4 Å². The van der Waals surface area contributed by atoms with Gasteiger partial charge < -0.3 is 10.6 Å². The molecule has 0 spiro atoms. The number of anilines is 1. The van der Waals surface area contributed by atoms with Crippen LogP contribution in [0.4, 0.5) is 5.69 Å². The van der Waals surface area contributed by atoms with Crippen LogP contribution in [0.5, 0.6) is 0 Å². The van der Waals surface area contributed by atoms with Crippen LogP contribution in [-0.2, 0) is 6.54 Å². The lowest BCUT2D eigenvalue weighted by molar-refractivity contribution is 0.0779. The number of nitrogens with one attached hydrogen (secondary N) is 1. The summed E-state index contributed by atoms with van der Waals surface area (Å²) in [5.41, 5.74) is 7.34. The molecule has 2 rings (SSSR count). The van der Waals surface area contributed by atoms with Crippen LogP contribution in [0, 0.1) is 0 Å². The van der Waals surface area contributed by atoms with Crippen molar-refractivity contribution in [1.82, 2.24) is 20.3 Å². The summed E-state index contributed by atoms with van der Waals surface area (Å²) in [4.78, 5) is 13.4.